The second-order valence-corrected chi connectivity index (χ2v) is 11.2. The zero-order chi connectivity index (χ0) is 22.2. The molecular weight excluding hydrogens is 458 g/mol. The summed E-state index contributed by atoms with van der Waals surface area (Å²) < 4.78 is 34.9. The van der Waals surface area contributed by atoms with E-state index >= 15 is 0 Å². The highest BCUT2D eigenvalue weighted by atomic mass is 32.2. The average molecular weight is 480 g/mol. The van der Waals surface area contributed by atoms with Gasteiger partial charge in [-0.2, -0.15) is 9.30 Å². The molecule has 1 aliphatic rings. The number of rotatable bonds is 4. The Hall–Kier alpha value is -2.34. The van der Waals surface area contributed by atoms with E-state index in [0.29, 0.717) is 29.8 Å². The Labute approximate surface area is 187 Å². The zero-order valence-corrected chi connectivity index (χ0v) is 19.4. The number of hydrogen-bond acceptors (Lipinski definition) is 7. The van der Waals surface area contributed by atoms with Gasteiger partial charge in [0.25, 0.3) is 15.9 Å². The van der Waals surface area contributed by atoms with E-state index in [4.69, 9.17) is 4.74 Å². The van der Waals surface area contributed by atoms with Crippen LogP contribution in [-0.4, -0.2) is 48.9 Å². The Morgan fingerprint density at radius 2 is 2.03 bits per heavy atom. The van der Waals surface area contributed by atoms with Crippen LogP contribution >= 0.6 is 22.7 Å². The third-order valence-electron chi connectivity index (χ3n) is 5.23. The molecule has 3 aromatic rings. The molecule has 1 amide bonds. The van der Waals surface area contributed by atoms with Crippen molar-refractivity contribution < 1.29 is 22.7 Å². The number of amides is 1. The fourth-order valence-electron chi connectivity index (χ4n) is 3.62. The number of ether oxygens (including phenoxy) is 1. The van der Waals surface area contributed by atoms with E-state index < -0.39 is 27.9 Å². The second kappa shape index (κ2) is 8.65. The molecule has 0 saturated carbocycles. The van der Waals surface area contributed by atoms with Gasteiger partial charge in [-0.25, -0.2) is 13.2 Å². The lowest BCUT2D eigenvalue weighted by Gasteiger charge is -2.31. The Kier molecular flexibility index (Phi) is 6.11. The molecule has 0 aliphatic carbocycles. The predicted octanol–water partition coefficient (Wildman–Crippen LogP) is 2.76. The van der Waals surface area contributed by atoms with Gasteiger partial charge in [-0.15, -0.1) is 11.3 Å². The predicted molar refractivity (Wildman–Crippen MR) is 119 cm³/mol. The molecule has 31 heavy (non-hydrogen) atoms. The molecule has 0 spiro atoms. The van der Waals surface area contributed by atoms with Gasteiger partial charge in [0, 0.05) is 13.6 Å². The molecule has 1 aliphatic heterocycles. The van der Waals surface area contributed by atoms with Crippen molar-refractivity contribution in [3.63, 3.8) is 0 Å². The van der Waals surface area contributed by atoms with Gasteiger partial charge in [-0.1, -0.05) is 23.8 Å². The van der Waals surface area contributed by atoms with E-state index in [1.54, 1.807) is 47.3 Å². The van der Waals surface area contributed by atoms with Crippen molar-refractivity contribution >= 4 is 54.8 Å². The topological polar surface area (TPSA) is 98.0 Å². The molecule has 1 fully saturated rings. The highest BCUT2D eigenvalue weighted by Crippen LogP contribution is 2.28. The first-order valence-electron chi connectivity index (χ1n) is 9.65. The van der Waals surface area contributed by atoms with E-state index in [9.17, 15) is 18.0 Å². The molecule has 11 heteroatoms. The van der Waals surface area contributed by atoms with Gasteiger partial charge >= 0.3 is 5.97 Å². The van der Waals surface area contributed by atoms with Crippen molar-refractivity contribution in [1.82, 2.24) is 8.87 Å². The monoisotopic (exact) mass is 479 g/mol. The second-order valence-electron chi connectivity index (χ2n) is 7.13. The molecular formula is C20H21N3O5S3. The van der Waals surface area contributed by atoms with Gasteiger partial charge in [0.2, 0.25) is 0 Å². The summed E-state index contributed by atoms with van der Waals surface area (Å²) in [4.78, 5) is 29.6. The minimum absolute atomic E-state index is 0.231. The number of esters is 1. The molecule has 1 aromatic carbocycles. The number of benzene rings is 1. The first-order chi connectivity index (χ1) is 14.8. The lowest BCUT2D eigenvalue weighted by molar-refractivity contribution is -0.122. The minimum atomic E-state index is -3.74. The highest BCUT2D eigenvalue weighted by molar-refractivity contribution is 7.91. The normalized spacial score (nSPS) is 18.4. The lowest BCUT2D eigenvalue weighted by atomic mass is 10.0. The SMILES string of the molecule is COC(=O)c1ccc2c(c1)sc(=NC(=O)C1CCCCN1S(=O)(=O)c1cccs1)n2C. The Bertz CT molecular complexity index is 1310. The molecule has 3 heterocycles. The minimum Gasteiger partial charge on any atom is -0.465 e. The smallest absolute Gasteiger partial charge is 0.337 e. The van der Waals surface area contributed by atoms with Crippen LogP contribution < -0.4 is 4.80 Å². The van der Waals surface area contributed by atoms with E-state index in [1.807, 2.05) is 0 Å². The van der Waals surface area contributed by atoms with E-state index in [2.05, 4.69) is 4.99 Å². The van der Waals surface area contributed by atoms with Crippen LogP contribution in [0.2, 0.25) is 0 Å². The average Bonchev–Trinajstić information content (AvgIpc) is 3.42. The van der Waals surface area contributed by atoms with Crippen molar-refractivity contribution in [2.75, 3.05) is 13.7 Å². The van der Waals surface area contributed by atoms with Gasteiger partial charge in [0.1, 0.15) is 10.3 Å². The number of fused-ring (bicyclic) bond motifs is 1. The number of thiophene rings is 1. The number of methoxy groups -OCH3 is 1. The summed E-state index contributed by atoms with van der Waals surface area (Å²) in [5.41, 5.74) is 1.23. The van der Waals surface area contributed by atoms with Crippen molar-refractivity contribution in [3.8, 4) is 0 Å². The van der Waals surface area contributed by atoms with Gasteiger partial charge in [-0.05, 0) is 42.5 Å². The van der Waals surface area contributed by atoms with Crippen LogP contribution in [0.5, 0.6) is 0 Å². The van der Waals surface area contributed by atoms with Crippen LogP contribution in [0.1, 0.15) is 29.6 Å². The number of nitrogens with zero attached hydrogens (tertiary/aromatic N) is 3. The first kappa shape index (κ1) is 21.9. The molecule has 1 atom stereocenters. The molecule has 0 N–H and O–H groups in total. The Morgan fingerprint density at radius 1 is 1.23 bits per heavy atom. The molecule has 8 nitrogen and oxygen atoms in total. The highest BCUT2D eigenvalue weighted by Gasteiger charge is 2.38. The number of aromatic nitrogens is 1. The lowest BCUT2D eigenvalue weighted by Crippen LogP contribution is -2.47. The summed E-state index contributed by atoms with van der Waals surface area (Å²) in [5, 5.41) is 1.71. The van der Waals surface area contributed by atoms with Crippen LogP contribution in [0.3, 0.4) is 0 Å². The number of sulfonamides is 1. The fraction of sp³-hybridized carbons (Fsp3) is 0.350. The number of thiazole rings is 1. The molecule has 0 radical (unpaired) electrons. The van der Waals surface area contributed by atoms with Crippen LogP contribution in [-0.2, 0) is 26.6 Å². The number of piperidine rings is 1. The van der Waals surface area contributed by atoms with Crippen LogP contribution in [0.25, 0.3) is 10.2 Å². The third-order valence-corrected chi connectivity index (χ3v) is 9.61. The van der Waals surface area contributed by atoms with Crippen LogP contribution in [0.4, 0.5) is 0 Å². The quantitative estimate of drug-likeness (QED) is 0.536. The summed E-state index contributed by atoms with van der Waals surface area (Å²) in [5.74, 6) is -0.917. The van der Waals surface area contributed by atoms with Crippen molar-refractivity contribution in [2.45, 2.75) is 29.5 Å². The van der Waals surface area contributed by atoms with E-state index in [0.717, 1.165) is 28.0 Å². The zero-order valence-electron chi connectivity index (χ0n) is 17.0. The standard InChI is InChI=1S/C20H21N3O5S3/c1-22-14-9-8-13(19(25)28-2)12-16(14)30-20(22)21-18(24)15-6-3-4-10-23(15)31(26,27)17-7-5-11-29-17/h5,7-9,11-12,15H,3-4,6,10H2,1-2H3. The number of carbonyl (C=O) groups excluding carboxylic acids is 2. The molecule has 4 rings (SSSR count). The van der Waals surface area contributed by atoms with Crippen molar-refractivity contribution in [2.24, 2.45) is 12.0 Å². The Morgan fingerprint density at radius 3 is 2.74 bits per heavy atom. The van der Waals surface area contributed by atoms with E-state index in [1.165, 1.54) is 22.8 Å². The van der Waals surface area contributed by atoms with Gasteiger partial charge < -0.3 is 9.30 Å². The summed E-state index contributed by atoms with van der Waals surface area (Å²) in [6.45, 7) is 0.299. The van der Waals surface area contributed by atoms with Gasteiger partial charge in [-0.3, -0.25) is 4.79 Å². The molecule has 1 saturated heterocycles. The van der Waals surface area contributed by atoms with Crippen LogP contribution in [0, 0.1) is 0 Å². The molecule has 2 aromatic heterocycles. The summed E-state index contributed by atoms with van der Waals surface area (Å²) in [6.07, 6.45) is 1.92. The number of carbonyl (C=O) groups is 2. The number of hydrogen-bond donors (Lipinski definition) is 0. The number of aryl methyl sites for hydroxylation is 1. The maximum atomic E-state index is 13.1. The largest absolute Gasteiger partial charge is 0.465 e. The molecule has 164 valence electrons. The van der Waals surface area contributed by atoms with E-state index in [-0.39, 0.29) is 4.21 Å². The Balaban J connectivity index is 1.70. The van der Waals surface area contributed by atoms with Crippen molar-refractivity contribution in [3.05, 3.63) is 46.1 Å². The molecule has 0 bridgehead atoms. The maximum absolute atomic E-state index is 13.1. The van der Waals surface area contributed by atoms with Crippen LogP contribution in [0.15, 0.2) is 44.9 Å². The maximum Gasteiger partial charge on any atom is 0.337 e. The first-order valence-corrected chi connectivity index (χ1v) is 12.8. The van der Waals surface area contributed by atoms with Gasteiger partial charge in [0.05, 0.1) is 22.9 Å². The molecule has 1 unspecified atom stereocenters. The summed E-state index contributed by atoms with van der Waals surface area (Å²) in [7, 11) is -0.640. The van der Waals surface area contributed by atoms with Gasteiger partial charge in [0.15, 0.2) is 4.80 Å². The summed E-state index contributed by atoms with van der Waals surface area (Å²) >= 11 is 2.41. The fourth-order valence-corrected chi connectivity index (χ4v) is 7.45. The summed E-state index contributed by atoms with van der Waals surface area (Å²) in [6, 6.07) is 7.54. The third kappa shape index (κ3) is 4.10. The van der Waals surface area contributed by atoms with Crippen molar-refractivity contribution in [1.29, 1.82) is 0 Å².